The first-order valence-electron chi connectivity index (χ1n) is 6.97. The van der Waals surface area contributed by atoms with Gasteiger partial charge in [-0.3, -0.25) is 4.79 Å². The van der Waals surface area contributed by atoms with Gasteiger partial charge in [0, 0.05) is 16.3 Å². The minimum atomic E-state index is -0.212. The van der Waals surface area contributed by atoms with E-state index in [-0.39, 0.29) is 11.3 Å². The average Bonchev–Trinajstić information content (AvgIpc) is 2.33. The molecule has 1 saturated carbocycles. The van der Waals surface area contributed by atoms with E-state index in [1.807, 2.05) is 0 Å². The van der Waals surface area contributed by atoms with Crippen LogP contribution in [-0.2, 0) is 0 Å². The molecule has 1 N–H and O–H groups in total. The second kappa shape index (κ2) is 5.96. The molecule has 0 bridgehead atoms. The third-order valence-electron chi connectivity index (χ3n) is 3.57. The Morgan fingerprint density at radius 1 is 1.45 bits per heavy atom. The molecule has 1 atom stereocenters. The summed E-state index contributed by atoms with van der Waals surface area (Å²) in [6.45, 7) is 6.73. The lowest BCUT2D eigenvalue weighted by molar-refractivity contribution is 0.0954. The number of hydrogen-bond donors (Lipinski definition) is 1. The van der Waals surface area contributed by atoms with Crippen molar-refractivity contribution >= 4 is 23.2 Å². The van der Waals surface area contributed by atoms with Crippen LogP contribution in [0, 0.1) is 11.3 Å². The molecule has 1 aromatic rings. The van der Waals surface area contributed by atoms with E-state index in [1.165, 1.54) is 6.42 Å². The number of carbonyl (C=O) groups excluding carboxylic acids is 1. The number of nitrogens with zero attached hydrogens (tertiary/aromatic N) is 1. The molecule has 108 valence electrons. The summed E-state index contributed by atoms with van der Waals surface area (Å²) in [4.78, 5) is 12.0. The van der Waals surface area contributed by atoms with Crippen LogP contribution < -0.4 is 5.43 Å². The van der Waals surface area contributed by atoms with Crippen molar-refractivity contribution in [1.29, 1.82) is 0 Å². The lowest BCUT2D eigenvalue weighted by Crippen LogP contribution is -2.30. The highest BCUT2D eigenvalue weighted by Crippen LogP contribution is 2.36. The summed E-state index contributed by atoms with van der Waals surface area (Å²) in [5.74, 6) is 0.400. The number of carbonyl (C=O) groups is 1. The normalized spacial score (nSPS) is 23.6. The van der Waals surface area contributed by atoms with Crippen LogP contribution in [0.1, 0.15) is 50.4 Å². The molecule has 1 amide bonds. The lowest BCUT2D eigenvalue weighted by Gasteiger charge is -2.34. The molecule has 4 heteroatoms. The monoisotopic (exact) mass is 292 g/mol. The number of amides is 1. The molecular formula is C16H21ClN2O. The van der Waals surface area contributed by atoms with Crippen LogP contribution in [0.2, 0.25) is 5.02 Å². The smallest absolute Gasteiger partial charge is 0.267 e. The SMILES string of the molecule is C[C@@H]1C/C(=N/NC(=O)c2cccc(Cl)c2)CC(C)(C)C1. The van der Waals surface area contributed by atoms with Crippen molar-refractivity contribution in [3.63, 3.8) is 0 Å². The van der Waals surface area contributed by atoms with Crippen molar-refractivity contribution in [2.45, 2.75) is 40.0 Å². The summed E-state index contributed by atoms with van der Waals surface area (Å²) in [6, 6.07) is 6.88. The molecule has 0 unspecified atom stereocenters. The first-order valence-corrected chi connectivity index (χ1v) is 7.35. The van der Waals surface area contributed by atoms with Gasteiger partial charge in [-0.2, -0.15) is 5.10 Å². The van der Waals surface area contributed by atoms with E-state index < -0.39 is 0 Å². The second-order valence-corrected chi connectivity index (χ2v) is 6.92. The van der Waals surface area contributed by atoms with Crippen LogP contribution in [0.3, 0.4) is 0 Å². The number of rotatable bonds is 2. The minimum absolute atomic E-state index is 0.212. The molecule has 0 saturated heterocycles. The molecule has 20 heavy (non-hydrogen) atoms. The highest BCUT2D eigenvalue weighted by atomic mass is 35.5. The Hall–Kier alpha value is -1.35. The van der Waals surface area contributed by atoms with E-state index in [2.05, 4.69) is 31.3 Å². The molecule has 1 aliphatic rings. The number of halogens is 1. The van der Waals surface area contributed by atoms with E-state index in [0.717, 1.165) is 18.6 Å². The van der Waals surface area contributed by atoms with Gasteiger partial charge < -0.3 is 0 Å². The van der Waals surface area contributed by atoms with Crippen molar-refractivity contribution in [1.82, 2.24) is 5.43 Å². The average molecular weight is 293 g/mol. The summed E-state index contributed by atoms with van der Waals surface area (Å²) >= 11 is 5.88. The van der Waals surface area contributed by atoms with Crippen LogP contribution in [0.15, 0.2) is 29.4 Å². The van der Waals surface area contributed by atoms with Gasteiger partial charge >= 0.3 is 0 Å². The zero-order valence-corrected chi connectivity index (χ0v) is 13.0. The molecular weight excluding hydrogens is 272 g/mol. The zero-order chi connectivity index (χ0) is 14.8. The Kier molecular flexibility index (Phi) is 4.48. The summed E-state index contributed by atoms with van der Waals surface area (Å²) in [7, 11) is 0. The predicted molar refractivity (Wildman–Crippen MR) is 83.1 cm³/mol. The van der Waals surface area contributed by atoms with Crippen molar-refractivity contribution in [3.8, 4) is 0 Å². The molecule has 0 aromatic heterocycles. The summed E-state index contributed by atoms with van der Waals surface area (Å²) in [6.07, 6.45) is 3.10. The Balaban J connectivity index is 2.03. The van der Waals surface area contributed by atoms with E-state index in [0.29, 0.717) is 16.5 Å². The van der Waals surface area contributed by atoms with Crippen LogP contribution >= 0.6 is 11.6 Å². The fraction of sp³-hybridized carbons (Fsp3) is 0.500. The van der Waals surface area contributed by atoms with Gasteiger partial charge in [-0.1, -0.05) is 38.4 Å². The van der Waals surface area contributed by atoms with Crippen molar-refractivity contribution in [2.75, 3.05) is 0 Å². The van der Waals surface area contributed by atoms with Gasteiger partial charge in [0.2, 0.25) is 0 Å². The van der Waals surface area contributed by atoms with Crippen LogP contribution in [0.4, 0.5) is 0 Å². The summed E-state index contributed by atoms with van der Waals surface area (Å²) in [5, 5.41) is 4.86. The Bertz CT molecular complexity index is 537. The first kappa shape index (κ1) is 15.0. The Morgan fingerprint density at radius 2 is 2.20 bits per heavy atom. The van der Waals surface area contributed by atoms with Crippen molar-refractivity contribution in [3.05, 3.63) is 34.9 Å². The zero-order valence-electron chi connectivity index (χ0n) is 12.2. The van der Waals surface area contributed by atoms with E-state index >= 15 is 0 Å². The Labute approximate surface area is 125 Å². The van der Waals surface area contributed by atoms with Crippen LogP contribution in [-0.4, -0.2) is 11.6 Å². The van der Waals surface area contributed by atoms with Crippen LogP contribution in [0.25, 0.3) is 0 Å². The van der Waals surface area contributed by atoms with Crippen molar-refractivity contribution in [2.24, 2.45) is 16.4 Å². The fourth-order valence-corrected chi connectivity index (χ4v) is 3.21. The molecule has 1 aromatic carbocycles. The topological polar surface area (TPSA) is 41.5 Å². The van der Waals surface area contributed by atoms with Crippen molar-refractivity contribution < 1.29 is 4.79 Å². The van der Waals surface area contributed by atoms with Crippen LogP contribution in [0.5, 0.6) is 0 Å². The van der Waals surface area contributed by atoms with Gasteiger partial charge in [0.1, 0.15) is 0 Å². The number of nitrogens with one attached hydrogen (secondary N) is 1. The maximum absolute atomic E-state index is 12.0. The highest BCUT2D eigenvalue weighted by molar-refractivity contribution is 6.30. The van der Waals surface area contributed by atoms with Gasteiger partial charge in [0.05, 0.1) is 0 Å². The van der Waals surface area contributed by atoms with Gasteiger partial charge in [-0.25, -0.2) is 5.43 Å². The summed E-state index contributed by atoms with van der Waals surface area (Å²) < 4.78 is 0. The Morgan fingerprint density at radius 3 is 2.85 bits per heavy atom. The van der Waals surface area contributed by atoms with E-state index in [1.54, 1.807) is 24.3 Å². The standard InChI is InChI=1S/C16H21ClN2O/c1-11-7-14(10-16(2,3)9-11)18-19-15(20)12-5-4-6-13(17)8-12/h4-6,8,11H,7,9-10H2,1-3H3,(H,19,20)/b18-14-/t11-/m1/s1. The number of benzene rings is 1. The molecule has 1 fully saturated rings. The minimum Gasteiger partial charge on any atom is -0.267 e. The lowest BCUT2D eigenvalue weighted by atomic mass is 9.72. The maximum atomic E-state index is 12.0. The van der Waals surface area contributed by atoms with Gasteiger partial charge in [0.15, 0.2) is 0 Å². The summed E-state index contributed by atoms with van der Waals surface area (Å²) in [5.41, 5.74) is 4.51. The molecule has 0 spiro atoms. The van der Waals surface area contributed by atoms with E-state index in [9.17, 15) is 4.79 Å². The third-order valence-corrected chi connectivity index (χ3v) is 3.81. The number of hydrazone groups is 1. The van der Waals surface area contributed by atoms with Gasteiger partial charge in [-0.05, 0) is 48.8 Å². The number of hydrogen-bond acceptors (Lipinski definition) is 2. The molecule has 0 radical (unpaired) electrons. The second-order valence-electron chi connectivity index (χ2n) is 6.48. The molecule has 0 heterocycles. The van der Waals surface area contributed by atoms with Gasteiger partial charge in [-0.15, -0.1) is 0 Å². The molecule has 3 nitrogen and oxygen atoms in total. The molecule has 2 rings (SSSR count). The third kappa shape index (κ3) is 4.07. The quantitative estimate of drug-likeness (QED) is 0.813. The highest BCUT2D eigenvalue weighted by Gasteiger charge is 2.29. The maximum Gasteiger partial charge on any atom is 0.271 e. The molecule has 1 aliphatic carbocycles. The van der Waals surface area contributed by atoms with E-state index in [4.69, 9.17) is 11.6 Å². The molecule has 0 aliphatic heterocycles. The van der Waals surface area contributed by atoms with Gasteiger partial charge in [0.25, 0.3) is 5.91 Å². The predicted octanol–water partition coefficient (Wildman–Crippen LogP) is 4.27. The fourth-order valence-electron chi connectivity index (χ4n) is 3.02. The first-order chi connectivity index (χ1) is 9.35. The largest absolute Gasteiger partial charge is 0.271 e.